The predicted molar refractivity (Wildman–Crippen MR) is 21.8 cm³/mol. The molecule has 3 nitrogen and oxygen atoms in total. The molecule has 0 unspecified atom stereocenters. The Bertz CT molecular complexity index is 41.3. The van der Waals surface area contributed by atoms with Gasteiger partial charge in [-0.25, -0.2) is 5.01 Å². The molecule has 36 valence electrons. The minimum Gasteiger partial charge on any atom is -0.380 e. The van der Waals surface area contributed by atoms with Crippen LogP contribution in [0, 0.1) is 0 Å². The fourth-order valence-corrected chi connectivity index (χ4v) is 0.391. The smallest absolute Gasteiger partial charge is 0.108 e. The van der Waals surface area contributed by atoms with Crippen molar-refractivity contribution in [1.29, 1.82) is 0 Å². The number of rotatable bonds is 1. The lowest BCUT2D eigenvalue weighted by Crippen LogP contribution is -2.53. The van der Waals surface area contributed by atoms with Crippen LogP contribution in [0.2, 0.25) is 0 Å². The second-order valence-electron chi connectivity index (χ2n) is 1.31. The van der Waals surface area contributed by atoms with Crippen LogP contribution in [-0.4, -0.2) is 29.9 Å². The fraction of sp³-hybridized carbons (Fsp3) is 1.00. The summed E-state index contributed by atoms with van der Waals surface area (Å²) in [5.74, 6) is 0. The molecule has 1 rings (SSSR count). The number of hydrazine groups is 1. The highest BCUT2D eigenvalue weighted by atomic mass is 16.3. The molecule has 1 aliphatic rings. The van der Waals surface area contributed by atoms with Gasteiger partial charge in [-0.05, 0) is 0 Å². The zero-order valence-electron chi connectivity index (χ0n) is 3.52. The molecule has 0 spiro atoms. The van der Waals surface area contributed by atoms with E-state index in [1.54, 1.807) is 5.01 Å². The molecule has 1 saturated heterocycles. The summed E-state index contributed by atoms with van der Waals surface area (Å²) in [6.45, 7) is 2.14. The van der Waals surface area contributed by atoms with E-state index in [4.69, 9.17) is 5.11 Å². The van der Waals surface area contributed by atoms with Crippen LogP contribution in [-0.2, 0) is 0 Å². The molecule has 0 bridgehead atoms. The van der Waals surface area contributed by atoms with Crippen LogP contribution < -0.4 is 5.43 Å². The number of aliphatic hydroxyl groups is 1. The zero-order chi connectivity index (χ0) is 4.41. The van der Waals surface area contributed by atoms with Crippen molar-refractivity contribution in [3.8, 4) is 0 Å². The zero-order valence-corrected chi connectivity index (χ0v) is 3.52. The van der Waals surface area contributed by atoms with Gasteiger partial charge in [0, 0.05) is 13.1 Å². The number of hydrogen-bond acceptors (Lipinski definition) is 3. The first-order valence-corrected chi connectivity index (χ1v) is 2.03. The van der Waals surface area contributed by atoms with Gasteiger partial charge in [0.1, 0.15) is 6.73 Å². The van der Waals surface area contributed by atoms with Crippen molar-refractivity contribution in [2.24, 2.45) is 0 Å². The molecule has 0 radical (unpaired) electrons. The van der Waals surface area contributed by atoms with E-state index in [0.717, 1.165) is 13.1 Å². The van der Waals surface area contributed by atoms with Crippen LogP contribution in [0.1, 0.15) is 0 Å². The maximum absolute atomic E-state index is 8.25. The fourth-order valence-electron chi connectivity index (χ4n) is 0.391. The van der Waals surface area contributed by atoms with Gasteiger partial charge in [0.2, 0.25) is 0 Å². The van der Waals surface area contributed by atoms with Crippen molar-refractivity contribution in [3.05, 3.63) is 0 Å². The van der Waals surface area contributed by atoms with Gasteiger partial charge in [-0.15, -0.1) is 0 Å². The molecule has 1 fully saturated rings. The third-order valence-corrected chi connectivity index (χ3v) is 0.888. The molecular formula is C3H8N2O. The Balaban J connectivity index is 2.01. The molecular weight excluding hydrogens is 80.0 g/mol. The molecule has 1 aliphatic heterocycles. The Kier molecular flexibility index (Phi) is 1.05. The quantitative estimate of drug-likeness (QED) is 0.420. The standard InChI is InChI=1S/C3H8N2O/c6-3-5-2-1-4-5/h4,6H,1-3H2. The van der Waals surface area contributed by atoms with Gasteiger partial charge in [-0.1, -0.05) is 0 Å². The Morgan fingerprint density at radius 1 is 1.83 bits per heavy atom. The number of hydrogen-bond donors (Lipinski definition) is 2. The van der Waals surface area contributed by atoms with E-state index in [2.05, 4.69) is 5.43 Å². The van der Waals surface area contributed by atoms with E-state index in [1.165, 1.54) is 0 Å². The second-order valence-corrected chi connectivity index (χ2v) is 1.31. The van der Waals surface area contributed by atoms with Crippen molar-refractivity contribution in [3.63, 3.8) is 0 Å². The van der Waals surface area contributed by atoms with Gasteiger partial charge in [-0.3, -0.25) is 5.43 Å². The molecule has 0 aliphatic carbocycles. The normalized spacial score (nSPS) is 23.5. The second kappa shape index (κ2) is 1.55. The van der Waals surface area contributed by atoms with Gasteiger partial charge in [0.15, 0.2) is 0 Å². The van der Waals surface area contributed by atoms with Crippen molar-refractivity contribution >= 4 is 0 Å². The summed E-state index contributed by atoms with van der Waals surface area (Å²) in [7, 11) is 0. The Morgan fingerprint density at radius 2 is 2.50 bits per heavy atom. The molecule has 0 aromatic rings. The van der Waals surface area contributed by atoms with Crippen LogP contribution in [0.5, 0.6) is 0 Å². The van der Waals surface area contributed by atoms with Crippen LogP contribution in [0.15, 0.2) is 0 Å². The first-order chi connectivity index (χ1) is 2.93. The Labute approximate surface area is 36.5 Å². The maximum Gasteiger partial charge on any atom is 0.108 e. The summed E-state index contributed by atoms with van der Waals surface area (Å²) in [5.41, 5.74) is 2.88. The van der Waals surface area contributed by atoms with E-state index in [-0.39, 0.29) is 6.73 Å². The average molecular weight is 88.1 g/mol. The van der Waals surface area contributed by atoms with Crippen LogP contribution in [0.4, 0.5) is 0 Å². The first kappa shape index (κ1) is 4.05. The summed E-state index contributed by atoms with van der Waals surface area (Å²) in [6, 6.07) is 0. The van der Waals surface area contributed by atoms with Crippen molar-refractivity contribution in [1.82, 2.24) is 10.4 Å². The van der Waals surface area contributed by atoms with Crippen molar-refractivity contribution < 1.29 is 5.11 Å². The average Bonchev–Trinajstić information content (AvgIpc) is 1.31. The lowest BCUT2D eigenvalue weighted by atomic mass is 10.5. The molecule has 0 atom stereocenters. The van der Waals surface area contributed by atoms with Crippen LogP contribution in [0.25, 0.3) is 0 Å². The van der Waals surface area contributed by atoms with E-state index < -0.39 is 0 Å². The van der Waals surface area contributed by atoms with Gasteiger partial charge in [0.25, 0.3) is 0 Å². The predicted octanol–water partition coefficient (Wildman–Crippen LogP) is -1.24. The minimum atomic E-state index is 0.139. The molecule has 3 heteroatoms. The topological polar surface area (TPSA) is 35.5 Å². The SMILES string of the molecule is OCN1CCN1. The van der Waals surface area contributed by atoms with E-state index in [0.29, 0.717) is 0 Å². The highest BCUT2D eigenvalue weighted by molar-refractivity contribution is 4.57. The van der Waals surface area contributed by atoms with E-state index in [1.807, 2.05) is 0 Å². The Hall–Kier alpha value is -0.120. The number of nitrogens with one attached hydrogen (secondary N) is 1. The molecule has 0 aromatic carbocycles. The third-order valence-electron chi connectivity index (χ3n) is 0.888. The third kappa shape index (κ3) is 0.518. The summed E-state index contributed by atoms with van der Waals surface area (Å²) < 4.78 is 0. The highest BCUT2D eigenvalue weighted by Gasteiger charge is 2.08. The van der Waals surface area contributed by atoms with E-state index in [9.17, 15) is 0 Å². The molecule has 0 saturated carbocycles. The maximum atomic E-state index is 8.25. The minimum absolute atomic E-state index is 0.139. The molecule has 2 N–H and O–H groups in total. The highest BCUT2D eigenvalue weighted by Crippen LogP contribution is 1.85. The molecule has 6 heavy (non-hydrogen) atoms. The monoisotopic (exact) mass is 88.1 g/mol. The van der Waals surface area contributed by atoms with Crippen molar-refractivity contribution in [2.75, 3.05) is 19.8 Å². The van der Waals surface area contributed by atoms with Crippen LogP contribution >= 0.6 is 0 Å². The van der Waals surface area contributed by atoms with Gasteiger partial charge < -0.3 is 5.11 Å². The van der Waals surface area contributed by atoms with Gasteiger partial charge >= 0.3 is 0 Å². The molecule has 1 heterocycles. The van der Waals surface area contributed by atoms with Gasteiger partial charge in [-0.2, -0.15) is 0 Å². The summed E-state index contributed by atoms with van der Waals surface area (Å²) in [4.78, 5) is 0. The summed E-state index contributed by atoms with van der Waals surface area (Å²) in [6.07, 6.45) is 0. The van der Waals surface area contributed by atoms with Crippen molar-refractivity contribution in [2.45, 2.75) is 0 Å². The van der Waals surface area contributed by atoms with E-state index >= 15 is 0 Å². The number of nitrogens with zero attached hydrogens (tertiary/aromatic N) is 1. The van der Waals surface area contributed by atoms with Crippen LogP contribution in [0.3, 0.4) is 0 Å². The first-order valence-electron chi connectivity index (χ1n) is 2.03. The summed E-state index contributed by atoms with van der Waals surface area (Å²) >= 11 is 0. The molecule has 0 amide bonds. The largest absolute Gasteiger partial charge is 0.380 e. The Morgan fingerprint density at radius 3 is 2.50 bits per heavy atom. The lowest BCUT2D eigenvalue weighted by molar-refractivity contribution is 0.00590. The molecule has 0 aromatic heterocycles. The van der Waals surface area contributed by atoms with Gasteiger partial charge in [0.05, 0.1) is 0 Å². The summed E-state index contributed by atoms with van der Waals surface area (Å²) in [5, 5.41) is 9.99. The number of aliphatic hydroxyl groups excluding tert-OH is 1. The lowest BCUT2D eigenvalue weighted by Gasteiger charge is -2.29.